The molecule has 2 fully saturated rings. The summed E-state index contributed by atoms with van der Waals surface area (Å²) in [5.74, 6) is -0.799. The van der Waals surface area contributed by atoms with E-state index in [1.165, 1.54) is 30.3 Å². The van der Waals surface area contributed by atoms with Crippen LogP contribution < -0.4 is 22.1 Å². The van der Waals surface area contributed by atoms with E-state index in [0.29, 0.717) is 12.1 Å². The van der Waals surface area contributed by atoms with E-state index in [1.807, 2.05) is 34.6 Å². The molecule has 6 rings (SSSR count). The Morgan fingerprint density at radius 1 is 0.969 bits per heavy atom. The number of hydrogen-bond donors (Lipinski definition) is 3. The molecule has 2 aliphatic heterocycles. The summed E-state index contributed by atoms with van der Waals surface area (Å²) >= 11 is 0. The van der Waals surface area contributed by atoms with E-state index >= 15 is 0 Å². The number of nitriles is 1. The highest BCUT2D eigenvalue weighted by Gasteiger charge is 2.51. The first-order valence-electron chi connectivity index (χ1n) is 21.5. The Morgan fingerprint density at radius 3 is 2.37 bits per heavy atom. The molecule has 9 atom stereocenters. The molecule has 6 heterocycles. The lowest BCUT2D eigenvalue weighted by Gasteiger charge is -2.38. The molecule has 4 aromatic heterocycles. The van der Waals surface area contributed by atoms with Gasteiger partial charge in [0.15, 0.2) is 23.6 Å². The van der Waals surface area contributed by atoms with E-state index in [-0.39, 0.29) is 80.4 Å². The predicted molar refractivity (Wildman–Crippen MR) is 232 cm³/mol. The number of carbonyl (C=O) groups is 1. The van der Waals surface area contributed by atoms with Crippen LogP contribution in [0.15, 0.2) is 39.2 Å². The van der Waals surface area contributed by atoms with Crippen LogP contribution in [0.2, 0.25) is 0 Å². The Labute approximate surface area is 375 Å². The van der Waals surface area contributed by atoms with Crippen molar-refractivity contribution < 1.29 is 42.3 Å². The lowest BCUT2D eigenvalue weighted by atomic mass is 10.1. The predicted octanol–water partition coefficient (Wildman–Crippen LogP) is 2.35. The van der Waals surface area contributed by atoms with Gasteiger partial charge in [-0.3, -0.25) is 38.8 Å². The van der Waals surface area contributed by atoms with Gasteiger partial charge in [0.1, 0.15) is 36.2 Å². The van der Waals surface area contributed by atoms with Crippen molar-refractivity contribution in [3.05, 3.63) is 61.7 Å². The van der Waals surface area contributed by atoms with Crippen LogP contribution in [0.5, 0.6) is 0 Å². The van der Waals surface area contributed by atoms with Crippen LogP contribution in [0.4, 0.5) is 5.95 Å². The molecule has 65 heavy (non-hydrogen) atoms. The van der Waals surface area contributed by atoms with Crippen LogP contribution >= 0.6 is 8.53 Å². The number of aromatic nitrogens is 9. The maximum Gasteiger partial charge on any atom is 0.330 e. The van der Waals surface area contributed by atoms with Crippen molar-refractivity contribution in [2.75, 3.05) is 39.4 Å². The quantitative estimate of drug-likeness (QED) is 0.0711. The van der Waals surface area contributed by atoms with Crippen molar-refractivity contribution in [3.63, 3.8) is 0 Å². The second kappa shape index (κ2) is 22.6. The normalized spacial score (nSPS) is 23.9. The van der Waals surface area contributed by atoms with E-state index in [1.54, 1.807) is 36.4 Å². The smallest absolute Gasteiger partial charge is 0.330 e. The molecule has 0 radical (unpaired) electrons. The molecule has 0 saturated carbocycles. The number of methoxy groups -OCH3 is 2. The van der Waals surface area contributed by atoms with Gasteiger partial charge in [-0.05, 0) is 34.1 Å². The lowest BCUT2D eigenvalue weighted by Crippen LogP contribution is -2.41. The molecule has 4 aromatic rings. The minimum absolute atomic E-state index is 0.00114. The average Bonchev–Trinajstić information content (AvgIpc) is 4.05. The molecule has 0 aromatic carbocycles. The topological polar surface area (TPSA) is 279 Å². The van der Waals surface area contributed by atoms with E-state index < -0.39 is 74.4 Å². The Kier molecular flexibility index (Phi) is 17.3. The van der Waals surface area contributed by atoms with Crippen LogP contribution in [0, 0.1) is 17.2 Å². The molecule has 3 N–H and O–H groups in total. The molecule has 2 saturated heterocycles. The number of fused-ring (bicyclic) bond motifs is 1. The molecule has 1 amide bonds. The first kappa shape index (κ1) is 49.6. The summed E-state index contributed by atoms with van der Waals surface area (Å²) in [5.41, 5.74) is -1.15. The Hall–Kier alpha value is -4.80. The zero-order valence-electron chi connectivity index (χ0n) is 38.0. The first-order chi connectivity index (χ1) is 31.2. The lowest BCUT2D eigenvalue weighted by molar-refractivity contribution is -0.118. The number of nitrogens with one attached hydrogen (secondary N) is 3. The molecule has 0 bridgehead atoms. The number of ether oxygens (including phenoxy) is 6. The number of imidazole rings is 1. The summed E-state index contributed by atoms with van der Waals surface area (Å²) in [6.07, 6.45) is -1.03. The fourth-order valence-electron chi connectivity index (χ4n) is 7.68. The fraction of sp³-hybridized carbons (Fsp3) is 0.675. The summed E-state index contributed by atoms with van der Waals surface area (Å²) in [6, 6.07) is 3.32. The fourth-order valence-corrected chi connectivity index (χ4v) is 9.45. The molecule has 3 unspecified atom stereocenters. The second-order valence-corrected chi connectivity index (χ2v) is 17.7. The molecule has 24 nitrogen and oxygen atoms in total. The number of rotatable bonds is 23. The van der Waals surface area contributed by atoms with Gasteiger partial charge in [-0.15, -0.1) is 5.10 Å². The largest absolute Gasteiger partial charge is 0.382 e. The number of aromatic amines is 2. The molecule has 0 aliphatic carbocycles. The highest BCUT2D eigenvalue weighted by molar-refractivity contribution is 7.44. The van der Waals surface area contributed by atoms with Crippen molar-refractivity contribution >= 4 is 31.5 Å². The standard InChI is InChI=1S/C40H59N12O12P/c1-10-26-30(32(58-9)37(62-26)50-14-12-28(53)43-40(50)56)60-20-25-18-49(48-47-25)19-27-31(64-65(61-15-11-13-41)52(23(4)5)24(6)7)33(59-17-16-57-8)38(63-27)51-21-42-29-34(51)44-39(46-36(29)55)45-35(54)22(2)3/h12,14,18,21-24,26-27,30-33,37-38H,10-11,15-17,19-20H2,1-9H3,(H,43,53,56)(H2,44,45,46,54,55)/t26-,27-,30?,31?,32+,33+,37-,38-,65?/m1/s1. The van der Waals surface area contributed by atoms with Gasteiger partial charge in [-0.2, -0.15) is 10.2 Å². The minimum atomic E-state index is -1.83. The van der Waals surface area contributed by atoms with Crippen molar-refractivity contribution in [3.8, 4) is 6.07 Å². The second-order valence-electron chi connectivity index (χ2n) is 16.3. The van der Waals surface area contributed by atoms with Crippen molar-refractivity contribution in [1.82, 2.24) is 48.7 Å². The molecule has 25 heteroatoms. The summed E-state index contributed by atoms with van der Waals surface area (Å²) in [5, 5.41) is 20.9. The van der Waals surface area contributed by atoms with E-state index in [0.717, 1.165) is 0 Å². The number of H-pyrrole nitrogens is 2. The summed E-state index contributed by atoms with van der Waals surface area (Å²) in [4.78, 5) is 64.2. The van der Waals surface area contributed by atoms with Gasteiger partial charge in [0.25, 0.3) is 19.6 Å². The average molecular weight is 931 g/mol. The van der Waals surface area contributed by atoms with Gasteiger partial charge in [-0.1, -0.05) is 26.0 Å². The number of anilines is 1. The SMILES string of the molecule is CC[C@H]1O[C@@H](n2ccc(=O)[nH]c2=O)[C@@H](OC)C1OCc1cn(C[C@H]2O[C@@H](n3cnc4c(=O)[nH]c(NC(=O)C(C)C)nc43)[C@@H](OCCOC)C2OP(OCCC#N)N(C(C)C)C(C)C)nn1. The van der Waals surface area contributed by atoms with Crippen molar-refractivity contribution in [2.24, 2.45) is 5.92 Å². The zero-order valence-corrected chi connectivity index (χ0v) is 38.9. The molecule has 0 spiro atoms. The molecular formula is C40H59N12O12P. The summed E-state index contributed by atoms with van der Waals surface area (Å²) < 4.78 is 57.0. The Morgan fingerprint density at radius 2 is 1.71 bits per heavy atom. The third-order valence-corrected chi connectivity index (χ3v) is 12.8. The maximum absolute atomic E-state index is 13.3. The number of carbonyl (C=O) groups excluding carboxylic acids is 1. The summed E-state index contributed by atoms with van der Waals surface area (Å²) in [7, 11) is 1.21. The van der Waals surface area contributed by atoms with Crippen LogP contribution in [0.3, 0.4) is 0 Å². The first-order valence-corrected chi connectivity index (χ1v) is 22.6. The van der Waals surface area contributed by atoms with Gasteiger partial charge in [-0.25, -0.2) is 19.1 Å². The van der Waals surface area contributed by atoms with E-state index in [2.05, 4.69) is 46.3 Å². The maximum atomic E-state index is 13.3. The van der Waals surface area contributed by atoms with Gasteiger partial charge in [0.2, 0.25) is 11.9 Å². The molecule has 2 aliphatic rings. The van der Waals surface area contributed by atoms with E-state index in [9.17, 15) is 24.4 Å². The number of amides is 1. The van der Waals surface area contributed by atoms with Gasteiger partial charge in [0.05, 0.1) is 64.1 Å². The van der Waals surface area contributed by atoms with Crippen molar-refractivity contribution in [2.45, 2.75) is 136 Å². The van der Waals surface area contributed by atoms with Gasteiger partial charge in [0, 0.05) is 44.5 Å². The highest BCUT2D eigenvalue weighted by Crippen LogP contribution is 2.51. The van der Waals surface area contributed by atoms with Crippen LogP contribution in [-0.4, -0.2) is 137 Å². The van der Waals surface area contributed by atoms with Crippen molar-refractivity contribution in [1.29, 1.82) is 5.26 Å². The Balaban J connectivity index is 1.33. The van der Waals surface area contributed by atoms with Gasteiger partial charge >= 0.3 is 5.69 Å². The third kappa shape index (κ3) is 11.6. The molecular weight excluding hydrogens is 871 g/mol. The monoisotopic (exact) mass is 930 g/mol. The Bertz CT molecular complexity index is 2400. The number of nitrogens with zero attached hydrogens (tertiary/aromatic N) is 9. The third-order valence-electron chi connectivity index (χ3n) is 10.7. The van der Waals surface area contributed by atoms with Crippen LogP contribution in [0.1, 0.15) is 79.5 Å². The highest BCUT2D eigenvalue weighted by atomic mass is 31.2. The zero-order chi connectivity index (χ0) is 46.9. The van der Waals surface area contributed by atoms with Crippen LogP contribution in [-0.2, 0) is 55.4 Å². The molecule has 356 valence electrons. The van der Waals surface area contributed by atoms with Crippen LogP contribution in [0.25, 0.3) is 11.2 Å². The number of hydrogen-bond acceptors (Lipinski definition) is 18. The van der Waals surface area contributed by atoms with E-state index in [4.69, 9.17) is 37.5 Å². The van der Waals surface area contributed by atoms with Gasteiger partial charge < -0.3 is 37.5 Å². The summed E-state index contributed by atoms with van der Waals surface area (Å²) in [6.45, 7) is 14.0. The minimum Gasteiger partial charge on any atom is -0.382 e.